The molecule has 0 aliphatic heterocycles. The molecule has 1 fully saturated rings. The highest BCUT2D eigenvalue weighted by Crippen LogP contribution is 2.28. The minimum atomic E-state index is 0.498. The van der Waals surface area contributed by atoms with Crippen LogP contribution in [0.2, 0.25) is 0 Å². The molecule has 0 aromatic heterocycles. The summed E-state index contributed by atoms with van der Waals surface area (Å²) in [6, 6.07) is 0.498. The Labute approximate surface area is 42.9 Å². The second-order valence-corrected chi connectivity index (χ2v) is 2.10. The molecule has 1 rings (SSSR count). The molecule has 0 bridgehead atoms. The molecule has 0 aromatic carbocycles. The molecule has 40 valence electrons. The molecule has 2 atom stereocenters. The average Bonchev–Trinajstić information content (AvgIpc) is 2.22. The molecule has 1 amide bonds. The van der Waals surface area contributed by atoms with Gasteiger partial charge in [-0.2, -0.15) is 0 Å². The Kier molecular flexibility index (Phi) is 1.01. The molecule has 0 radical (unpaired) electrons. The van der Waals surface area contributed by atoms with E-state index in [-0.39, 0.29) is 0 Å². The largest absolute Gasteiger partial charge is 0.356 e. The van der Waals surface area contributed by atoms with Crippen molar-refractivity contribution in [1.29, 1.82) is 0 Å². The van der Waals surface area contributed by atoms with Gasteiger partial charge >= 0.3 is 0 Å². The number of nitrogens with one attached hydrogen (secondary N) is 1. The highest BCUT2D eigenvalue weighted by Gasteiger charge is 2.31. The van der Waals surface area contributed by atoms with E-state index in [1.54, 1.807) is 0 Å². The van der Waals surface area contributed by atoms with E-state index >= 15 is 0 Å². The van der Waals surface area contributed by atoms with Crippen LogP contribution in [0.3, 0.4) is 0 Å². The van der Waals surface area contributed by atoms with Crippen LogP contribution in [-0.2, 0) is 4.79 Å². The molecule has 1 saturated carbocycles. The number of rotatable bonds is 2. The van der Waals surface area contributed by atoms with E-state index < -0.39 is 0 Å². The van der Waals surface area contributed by atoms with Gasteiger partial charge in [-0.05, 0) is 12.3 Å². The van der Waals surface area contributed by atoms with E-state index in [9.17, 15) is 4.79 Å². The zero-order valence-electron chi connectivity index (χ0n) is 4.35. The second kappa shape index (κ2) is 1.52. The molecule has 0 spiro atoms. The lowest BCUT2D eigenvalue weighted by Crippen LogP contribution is -2.14. The third kappa shape index (κ3) is 0.918. The number of carbonyl (C=O) groups is 1. The SMILES string of the molecule is C[C@H]1CC1NC=O. The minimum Gasteiger partial charge on any atom is -0.356 e. The van der Waals surface area contributed by atoms with Crippen molar-refractivity contribution in [3.8, 4) is 0 Å². The molecular formula is C5H9NO. The Hall–Kier alpha value is -0.530. The van der Waals surface area contributed by atoms with E-state index in [0.29, 0.717) is 6.04 Å². The smallest absolute Gasteiger partial charge is 0.207 e. The first-order valence-corrected chi connectivity index (χ1v) is 2.54. The Bertz CT molecular complexity index is 82.1. The van der Waals surface area contributed by atoms with Crippen molar-refractivity contribution in [2.24, 2.45) is 5.92 Å². The first kappa shape index (κ1) is 4.62. The van der Waals surface area contributed by atoms with Gasteiger partial charge in [0.1, 0.15) is 0 Å². The van der Waals surface area contributed by atoms with E-state index in [4.69, 9.17) is 0 Å². The van der Waals surface area contributed by atoms with Gasteiger partial charge in [0.15, 0.2) is 0 Å². The molecule has 1 N–H and O–H groups in total. The molecule has 0 heterocycles. The van der Waals surface area contributed by atoms with Gasteiger partial charge < -0.3 is 5.32 Å². The van der Waals surface area contributed by atoms with Crippen LogP contribution in [0, 0.1) is 5.92 Å². The molecule has 7 heavy (non-hydrogen) atoms. The Morgan fingerprint density at radius 1 is 1.86 bits per heavy atom. The summed E-state index contributed by atoms with van der Waals surface area (Å²) >= 11 is 0. The molecule has 2 nitrogen and oxygen atoms in total. The standard InChI is InChI=1S/C5H9NO/c1-4-2-5(4)6-3-7/h3-5H,2H2,1H3,(H,6,7)/t4-,5?/m0/s1. The van der Waals surface area contributed by atoms with Crippen molar-refractivity contribution in [2.75, 3.05) is 0 Å². The topological polar surface area (TPSA) is 29.1 Å². The normalized spacial score (nSPS) is 37.3. The summed E-state index contributed by atoms with van der Waals surface area (Å²) in [6.45, 7) is 2.13. The number of hydrogen-bond acceptors (Lipinski definition) is 1. The van der Waals surface area contributed by atoms with E-state index in [2.05, 4.69) is 12.2 Å². The average molecular weight is 99.1 g/mol. The Morgan fingerprint density at radius 2 is 2.43 bits per heavy atom. The van der Waals surface area contributed by atoms with Crippen LogP contribution in [-0.4, -0.2) is 12.5 Å². The summed E-state index contributed by atoms with van der Waals surface area (Å²) in [5.74, 6) is 0.727. The van der Waals surface area contributed by atoms with Crippen molar-refractivity contribution >= 4 is 6.41 Å². The van der Waals surface area contributed by atoms with Gasteiger partial charge in [-0.15, -0.1) is 0 Å². The van der Waals surface area contributed by atoms with E-state index in [1.165, 1.54) is 6.42 Å². The van der Waals surface area contributed by atoms with Crippen LogP contribution in [0.4, 0.5) is 0 Å². The predicted molar refractivity (Wildman–Crippen MR) is 26.8 cm³/mol. The number of carbonyl (C=O) groups excluding carboxylic acids is 1. The van der Waals surface area contributed by atoms with Gasteiger partial charge in [-0.3, -0.25) is 4.79 Å². The second-order valence-electron chi connectivity index (χ2n) is 2.10. The summed E-state index contributed by atoms with van der Waals surface area (Å²) in [5.41, 5.74) is 0. The van der Waals surface area contributed by atoms with Crippen molar-refractivity contribution in [3.05, 3.63) is 0 Å². The van der Waals surface area contributed by atoms with Gasteiger partial charge in [-0.1, -0.05) is 6.92 Å². The molecule has 0 aromatic rings. The Morgan fingerprint density at radius 3 is 2.57 bits per heavy atom. The quantitative estimate of drug-likeness (QED) is 0.490. The lowest BCUT2D eigenvalue weighted by atomic mass is 10.5. The Balaban J connectivity index is 2.08. The lowest BCUT2D eigenvalue weighted by molar-refractivity contribution is -0.109. The van der Waals surface area contributed by atoms with Crippen molar-refractivity contribution in [2.45, 2.75) is 19.4 Å². The fourth-order valence-electron chi connectivity index (χ4n) is 0.642. The summed E-state index contributed by atoms with van der Waals surface area (Å²) in [5, 5.41) is 2.69. The highest BCUT2D eigenvalue weighted by molar-refractivity contribution is 5.47. The third-order valence-electron chi connectivity index (χ3n) is 1.39. The zero-order valence-corrected chi connectivity index (χ0v) is 4.35. The molecule has 1 aliphatic carbocycles. The van der Waals surface area contributed by atoms with Crippen molar-refractivity contribution in [3.63, 3.8) is 0 Å². The monoisotopic (exact) mass is 99.1 g/mol. The molecule has 1 unspecified atom stereocenters. The molecule has 1 aliphatic rings. The summed E-state index contributed by atoms with van der Waals surface area (Å²) in [7, 11) is 0. The van der Waals surface area contributed by atoms with E-state index in [0.717, 1.165) is 12.3 Å². The van der Waals surface area contributed by atoms with Gasteiger partial charge in [0.2, 0.25) is 6.41 Å². The fraction of sp³-hybridized carbons (Fsp3) is 0.800. The van der Waals surface area contributed by atoms with Crippen LogP contribution < -0.4 is 5.32 Å². The van der Waals surface area contributed by atoms with Gasteiger partial charge in [0, 0.05) is 6.04 Å². The van der Waals surface area contributed by atoms with Crippen molar-refractivity contribution < 1.29 is 4.79 Å². The number of amides is 1. The summed E-state index contributed by atoms with van der Waals surface area (Å²) in [4.78, 5) is 9.69. The van der Waals surface area contributed by atoms with Gasteiger partial charge in [0.25, 0.3) is 0 Å². The molecular weight excluding hydrogens is 90.1 g/mol. The molecule has 2 heteroatoms. The first-order chi connectivity index (χ1) is 3.34. The van der Waals surface area contributed by atoms with E-state index in [1.807, 2.05) is 0 Å². The first-order valence-electron chi connectivity index (χ1n) is 2.54. The maximum Gasteiger partial charge on any atom is 0.207 e. The number of hydrogen-bond donors (Lipinski definition) is 1. The van der Waals surface area contributed by atoms with Crippen LogP contribution in [0.15, 0.2) is 0 Å². The van der Waals surface area contributed by atoms with Gasteiger partial charge in [0.05, 0.1) is 0 Å². The summed E-state index contributed by atoms with van der Waals surface area (Å²) < 4.78 is 0. The van der Waals surface area contributed by atoms with Crippen LogP contribution in [0.5, 0.6) is 0 Å². The van der Waals surface area contributed by atoms with Crippen LogP contribution >= 0.6 is 0 Å². The third-order valence-corrected chi connectivity index (χ3v) is 1.39. The summed E-state index contributed by atoms with van der Waals surface area (Å²) in [6.07, 6.45) is 1.94. The zero-order chi connectivity index (χ0) is 5.28. The predicted octanol–water partition coefficient (Wildman–Crippen LogP) is 0.141. The highest BCUT2D eigenvalue weighted by atomic mass is 16.1. The fourth-order valence-corrected chi connectivity index (χ4v) is 0.642. The molecule has 0 saturated heterocycles. The van der Waals surface area contributed by atoms with Crippen molar-refractivity contribution in [1.82, 2.24) is 5.32 Å². The van der Waals surface area contributed by atoms with Crippen LogP contribution in [0.25, 0.3) is 0 Å². The van der Waals surface area contributed by atoms with Gasteiger partial charge in [-0.25, -0.2) is 0 Å². The maximum absolute atomic E-state index is 9.69. The maximum atomic E-state index is 9.69. The minimum absolute atomic E-state index is 0.498. The lowest BCUT2D eigenvalue weighted by Gasteiger charge is -1.86. The van der Waals surface area contributed by atoms with Crippen LogP contribution in [0.1, 0.15) is 13.3 Å².